The Bertz CT molecular complexity index is 258. The SMILES string of the molecule is NCCCNC(=O)N1CCC[C@H](C(=O)O)C1. The molecule has 1 aliphatic heterocycles. The highest BCUT2D eigenvalue weighted by atomic mass is 16.4. The molecule has 0 aromatic rings. The summed E-state index contributed by atoms with van der Waals surface area (Å²) in [6, 6.07) is -0.181. The molecule has 0 spiro atoms. The number of nitrogens with one attached hydrogen (secondary N) is 1. The average molecular weight is 229 g/mol. The van der Waals surface area contributed by atoms with E-state index in [0.29, 0.717) is 32.6 Å². The number of carbonyl (C=O) groups is 2. The van der Waals surface area contributed by atoms with Gasteiger partial charge < -0.3 is 21.1 Å². The number of nitrogens with two attached hydrogens (primary N) is 1. The Morgan fingerprint density at radius 3 is 2.88 bits per heavy atom. The molecule has 1 saturated heterocycles. The summed E-state index contributed by atoms with van der Waals surface area (Å²) in [6.07, 6.45) is 2.14. The van der Waals surface area contributed by atoms with Gasteiger partial charge in [-0.15, -0.1) is 0 Å². The first-order valence-corrected chi connectivity index (χ1v) is 5.60. The van der Waals surface area contributed by atoms with E-state index in [1.54, 1.807) is 4.90 Å². The first-order chi connectivity index (χ1) is 7.65. The Labute approximate surface area is 94.8 Å². The monoisotopic (exact) mass is 229 g/mol. The van der Waals surface area contributed by atoms with Crippen LogP contribution in [0.5, 0.6) is 0 Å². The third-order valence-corrected chi connectivity index (χ3v) is 2.71. The van der Waals surface area contributed by atoms with Gasteiger partial charge in [-0.25, -0.2) is 4.79 Å². The molecule has 0 unspecified atom stereocenters. The van der Waals surface area contributed by atoms with E-state index in [1.807, 2.05) is 0 Å². The van der Waals surface area contributed by atoms with Gasteiger partial charge in [0.2, 0.25) is 0 Å². The number of carboxylic acids is 1. The smallest absolute Gasteiger partial charge is 0.317 e. The predicted molar refractivity (Wildman–Crippen MR) is 59.0 cm³/mol. The van der Waals surface area contributed by atoms with Gasteiger partial charge in [0, 0.05) is 19.6 Å². The van der Waals surface area contributed by atoms with Crippen LogP contribution in [0.15, 0.2) is 0 Å². The molecule has 4 N–H and O–H groups in total. The lowest BCUT2D eigenvalue weighted by molar-refractivity contribution is -0.143. The molecule has 6 nitrogen and oxygen atoms in total. The Morgan fingerprint density at radius 1 is 1.50 bits per heavy atom. The second-order valence-corrected chi connectivity index (χ2v) is 4.00. The second kappa shape index (κ2) is 6.32. The standard InChI is InChI=1S/C10H19N3O3/c11-4-2-5-12-10(16)13-6-1-3-8(7-13)9(14)15/h8H,1-7,11H2,(H,12,16)(H,14,15)/t8-/m0/s1. The van der Waals surface area contributed by atoms with Gasteiger partial charge in [0.05, 0.1) is 5.92 Å². The molecule has 1 aliphatic rings. The van der Waals surface area contributed by atoms with E-state index < -0.39 is 11.9 Å². The van der Waals surface area contributed by atoms with Crippen LogP contribution in [-0.2, 0) is 4.79 Å². The van der Waals surface area contributed by atoms with Crippen molar-refractivity contribution in [2.75, 3.05) is 26.2 Å². The maximum Gasteiger partial charge on any atom is 0.317 e. The molecule has 0 aromatic carbocycles. The first-order valence-electron chi connectivity index (χ1n) is 5.60. The number of carboxylic acid groups (broad SMARTS) is 1. The van der Waals surface area contributed by atoms with Crippen LogP contribution in [0.3, 0.4) is 0 Å². The van der Waals surface area contributed by atoms with Crippen molar-refractivity contribution >= 4 is 12.0 Å². The van der Waals surface area contributed by atoms with Crippen LogP contribution in [0.2, 0.25) is 0 Å². The number of likely N-dealkylation sites (tertiary alicyclic amines) is 1. The van der Waals surface area contributed by atoms with E-state index in [-0.39, 0.29) is 6.03 Å². The number of urea groups is 1. The van der Waals surface area contributed by atoms with Crippen LogP contribution in [0.4, 0.5) is 4.79 Å². The van der Waals surface area contributed by atoms with Crippen LogP contribution in [0, 0.1) is 5.92 Å². The normalized spacial score (nSPS) is 20.6. The number of hydrogen-bond acceptors (Lipinski definition) is 3. The summed E-state index contributed by atoms with van der Waals surface area (Å²) in [5, 5.41) is 11.6. The molecule has 1 rings (SSSR count). The van der Waals surface area contributed by atoms with Crippen molar-refractivity contribution in [1.29, 1.82) is 0 Å². The molecule has 92 valence electrons. The Kier molecular flexibility index (Phi) is 5.04. The van der Waals surface area contributed by atoms with E-state index in [2.05, 4.69) is 5.32 Å². The van der Waals surface area contributed by atoms with Gasteiger partial charge in [0.1, 0.15) is 0 Å². The summed E-state index contributed by atoms with van der Waals surface area (Å²) in [6.45, 7) is 2.03. The maximum absolute atomic E-state index is 11.6. The minimum atomic E-state index is -0.820. The fourth-order valence-corrected chi connectivity index (χ4v) is 1.77. The zero-order valence-corrected chi connectivity index (χ0v) is 9.32. The van der Waals surface area contributed by atoms with Crippen LogP contribution in [0.25, 0.3) is 0 Å². The summed E-state index contributed by atoms with van der Waals surface area (Å²) in [7, 11) is 0. The Hall–Kier alpha value is -1.30. The summed E-state index contributed by atoms with van der Waals surface area (Å²) in [5.74, 6) is -1.24. The van der Waals surface area contributed by atoms with Crippen molar-refractivity contribution in [3.05, 3.63) is 0 Å². The molecule has 0 aliphatic carbocycles. The van der Waals surface area contributed by atoms with E-state index >= 15 is 0 Å². The third kappa shape index (κ3) is 3.69. The number of carbonyl (C=O) groups excluding carboxylic acids is 1. The summed E-state index contributed by atoms with van der Waals surface area (Å²) < 4.78 is 0. The van der Waals surface area contributed by atoms with Crippen molar-refractivity contribution in [2.24, 2.45) is 11.7 Å². The number of amides is 2. The molecule has 0 bridgehead atoms. The lowest BCUT2D eigenvalue weighted by Crippen LogP contribution is -2.47. The molecule has 1 heterocycles. The van der Waals surface area contributed by atoms with Gasteiger partial charge in [0.15, 0.2) is 0 Å². The lowest BCUT2D eigenvalue weighted by atomic mass is 9.99. The van der Waals surface area contributed by atoms with Crippen LogP contribution >= 0.6 is 0 Å². The summed E-state index contributed by atoms with van der Waals surface area (Å²) in [5.41, 5.74) is 5.31. The molecule has 0 aromatic heterocycles. The summed E-state index contributed by atoms with van der Waals surface area (Å²) in [4.78, 5) is 24.0. The van der Waals surface area contributed by atoms with Gasteiger partial charge in [-0.3, -0.25) is 4.79 Å². The number of piperidine rings is 1. The molecular weight excluding hydrogens is 210 g/mol. The molecular formula is C10H19N3O3. The fourth-order valence-electron chi connectivity index (χ4n) is 1.77. The molecule has 1 fully saturated rings. The molecule has 1 atom stereocenters. The summed E-state index contributed by atoms with van der Waals surface area (Å²) >= 11 is 0. The average Bonchev–Trinajstić information content (AvgIpc) is 2.29. The van der Waals surface area contributed by atoms with E-state index in [1.165, 1.54) is 0 Å². The minimum Gasteiger partial charge on any atom is -0.481 e. The van der Waals surface area contributed by atoms with Crippen LogP contribution in [0.1, 0.15) is 19.3 Å². The molecule has 16 heavy (non-hydrogen) atoms. The third-order valence-electron chi connectivity index (χ3n) is 2.71. The van der Waals surface area contributed by atoms with Crippen molar-refractivity contribution in [3.8, 4) is 0 Å². The van der Waals surface area contributed by atoms with Gasteiger partial charge in [-0.1, -0.05) is 0 Å². The predicted octanol–water partition coefficient (Wildman–Crippen LogP) is -0.159. The second-order valence-electron chi connectivity index (χ2n) is 4.00. The largest absolute Gasteiger partial charge is 0.481 e. The highest BCUT2D eigenvalue weighted by Gasteiger charge is 2.27. The fraction of sp³-hybridized carbons (Fsp3) is 0.800. The quantitative estimate of drug-likeness (QED) is 0.584. The highest BCUT2D eigenvalue weighted by Crippen LogP contribution is 2.16. The van der Waals surface area contributed by atoms with Crippen molar-refractivity contribution in [1.82, 2.24) is 10.2 Å². The van der Waals surface area contributed by atoms with Crippen molar-refractivity contribution in [2.45, 2.75) is 19.3 Å². The number of rotatable bonds is 4. The highest BCUT2D eigenvalue weighted by molar-refractivity contribution is 5.76. The van der Waals surface area contributed by atoms with Crippen molar-refractivity contribution < 1.29 is 14.7 Å². The molecule has 6 heteroatoms. The van der Waals surface area contributed by atoms with Crippen molar-refractivity contribution in [3.63, 3.8) is 0 Å². The first kappa shape index (κ1) is 12.8. The lowest BCUT2D eigenvalue weighted by Gasteiger charge is -2.30. The molecule has 0 radical (unpaired) electrons. The number of aliphatic carboxylic acids is 1. The van der Waals surface area contributed by atoms with Crippen LogP contribution < -0.4 is 11.1 Å². The topological polar surface area (TPSA) is 95.7 Å². The number of hydrogen-bond donors (Lipinski definition) is 3. The Balaban J connectivity index is 2.35. The van der Waals surface area contributed by atoms with Gasteiger partial charge in [0.25, 0.3) is 0 Å². The van der Waals surface area contributed by atoms with Crippen LogP contribution in [-0.4, -0.2) is 48.2 Å². The zero-order valence-electron chi connectivity index (χ0n) is 9.32. The van der Waals surface area contributed by atoms with Gasteiger partial charge in [-0.05, 0) is 25.8 Å². The number of nitrogens with zero attached hydrogens (tertiary/aromatic N) is 1. The van der Waals surface area contributed by atoms with Gasteiger partial charge >= 0.3 is 12.0 Å². The minimum absolute atomic E-state index is 0.181. The van der Waals surface area contributed by atoms with E-state index in [0.717, 1.165) is 12.8 Å². The van der Waals surface area contributed by atoms with E-state index in [4.69, 9.17) is 10.8 Å². The maximum atomic E-state index is 11.6. The molecule has 2 amide bonds. The van der Waals surface area contributed by atoms with Gasteiger partial charge in [-0.2, -0.15) is 0 Å². The molecule has 0 saturated carbocycles. The Morgan fingerprint density at radius 2 is 2.25 bits per heavy atom. The zero-order chi connectivity index (χ0) is 12.0. The van der Waals surface area contributed by atoms with E-state index in [9.17, 15) is 9.59 Å².